The lowest BCUT2D eigenvalue weighted by Gasteiger charge is -2.28. The number of nitrogen functional groups attached to an aromatic ring is 1. The number of rotatable bonds is 2. The minimum absolute atomic E-state index is 0.280. The zero-order valence-corrected chi connectivity index (χ0v) is 9.94. The topological polar surface area (TPSA) is 61.0 Å². The average Bonchev–Trinajstić information content (AvgIpc) is 2.20. The van der Waals surface area contributed by atoms with Gasteiger partial charge in [-0.25, -0.2) is 4.98 Å². The van der Waals surface area contributed by atoms with Gasteiger partial charge in [0.05, 0.1) is 0 Å². The molecule has 2 rings (SSSR count). The van der Waals surface area contributed by atoms with Gasteiger partial charge in [0.15, 0.2) is 0 Å². The fourth-order valence-electron chi connectivity index (χ4n) is 2.23. The van der Waals surface area contributed by atoms with Gasteiger partial charge in [0, 0.05) is 11.8 Å². The molecule has 4 heteroatoms. The summed E-state index contributed by atoms with van der Waals surface area (Å²) < 4.78 is 5.90. The van der Waals surface area contributed by atoms with Gasteiger partial charge in [-0.2, -0.15) is 4.98 Å². The third-order valence-corrected chi connectivity index (χ3v) is 3.15. The largest absolute Gasteiger partial charge is 0.474 e. The van der Waals surface area contributed by atoms with Crippen molar-refractivity contribution in [3.63, 3.8) is 0 Å². The Morgan fingerprint density at radius 2 is 2.06 bits per heavy atom. The van der Waals surface area contributed by atoms with Crippen LogP contribution in [0.5, 0.6) is 5.88 Å². The van der Waals surface area contributed by atoms with E-state index in [1.165, 1.54) is 19.3 Å². The molecule has 2 unspecified atom stereocenters. The fourth-order valence-corrected chi connectivity index (χ4v) is 2.23. The summed E-state index contributed by atoms with van der Waals surface area (Å²) in [4.78, 5) is 8.14. The summed E-state index contributed by atoms with van der Waals surface area (Å²) in [6.07, 6.45) is 5.19. The molecule has 0 amide bonds. The quantitative estimate of drug-likeness (QED) is 0.832. The molecular formula is C12H19N3O. The van der Waals surface area contributed by atoms with Crippen molar-refractivity contribution >= 4 is 5.95 Å². The van der Waals surface area contributed by atoms with E-state index < -0.39 is 0 Å². The molecule has 2 atom stereocenters. The predicted octanol–water partition coefficient (Wildman–Crippen LogP) is 2.32. The van der Waals surface area contributed by atoms with E-state index in [0.29, 0.717) is 17.7 Å². The molecule has 0 bridgehead atoms. The van der Waals surface area contributed by atoms with Crippen molar-refractivity contribution in [2.75, 3.05) is 5.73 Å². The number of aromatic nitrogens is 2. The lowest BCUT2D eigenvalue weighted by molar-refractivity contribution is 0.0975. The molecule has 1 fully saturated rings. The third kappa shape index (κ3) is 2.62. The van der Waals surface area contributed by atoms with Gasteiger partial charge in [-0.3, -0.25) is 0 Å². The van der Waals surface area contributed by atoms with Gasteiger partial charge in [-0.05, 0) is 32.1 Å². The van der Waals surface area contributed by atoms with Crippen molar-refractivity contribution in [2.45, 2.75) is 45.6 Å². The van der Waals surface area contributed by atoms with E-state index >= 15 is 0 Å². The van der Waals surface area contributed by atoms with Crippen LogP contribution in [-0.2, 0) is 0 Å². The monoisotopic (exact) mass is 221 g/mol. The first-order chi connectivity index (χ1) is 7.65. The number of ether oxygens (including phenoxy) is 1. The van der Waals surface area contributed by atoms with E-state index in [4.69, 9.17) is 10.5 Å². The molecule has 1 aromatic rings. The number of aryl methyl sites for hydroxylation is 1. The summed E-state index contributed by atoms with van der Waals surface area (Å²) in [5, 5.41) is 0. The summed E-state index contributed by atoms with van der Waals surface area (Å²) in [6.45, 7) is 4.14. The molecule has 88 valence electrons. The Morgan fingerprint density at radius 1 is 1.31 bits per heavy atom. The molecule has 4 nitrogen and oxygen atoms in total. The molecule has 0 saturated heterocycles. The summed E-state index contributed by atoms with van der Waals surface area (Å²) in [7, 11) is 0. The van der Waals surface area contributed by atoms with Crippen molar-refractivity contribution < 1.29 is 4.74 Å². The molecule has 0 aliphatic heterocycles. The van der Waals surface area contributed by atoms with Crippen molar-refractivity contribution in [3.8, 4) is 5.88 Å². The van der Waals surface area contributed by atoms with E-state index in [9.17, 15) is 0 Å². The standard InChI is InChI=1S/C12H19N3O/c1-8-5-3-4-6-10(8)16-11-7-9(2)14-12(13)15-11/h7-8,10H,3-6H2,1-2H3,(H2,13,14,15). The van der Waals surface area contributed by atoms with Gasteiger partial charge in [0.25, 0.3) is 0 Å². The first kappa shape index (κ1) is 11.2. The Bertz CT molecular complexity index is 347. The number of hydrogen-bond acceptors (Lipinski definition) is 4. The van der Waals surface area contributed by atoms with Gasteiger partial charge in [0.1, 0.15) is 6.10 Å². The maximum Gasteiger partial charge on any atom is 0.223 e. The van der Waals surface area contributed by atoms with Crippen LogP contribution in [0.3, 0.4) is 0 Å². The van der Waals surface area contributed by atoms with E-state index in [1.54, 1.807) is 0 Å². The van der Waals surface area contributed by atoms with Crippen molar-refractivity contribution in [3.05, 3.63) is 11.8 Å². The number of nitrogens with zero attached hydrogens (tertiary/aromatic N) is 2. The first-order valence-electron chi connectivity index (χ1n) is 5.93. The second kappa shape index (κ2) is 4.68. The van der Waals surface area contributed by atoms with Crippen LogP contribution in [-0.4, -0.2) is 16.1 Å². The van der Waals surface area contributed by atoms with Crippen LogP contribution in [0, 0.1) is 12.8 Å². The zero-order valence-electron chi connectivity index (χ0n) is 9.94. The number of hydrogen-bond donors (Lipinski definition) is 1. The highest BCUT2D eigenvalue weighted by atomic mass is 16.5. The molecule has 16 heavy (non-hydrogen) atoms. The second-order valence-corrected chi connectivity index (χ2v) is 4.62. The lowest BCUT2D eigenvalue weighted by atomic mass is 9.88. The van der Waals surface area contributed by atoms with Gasteiger partial charge >= 0.3 is 0 Å². The van der Waals surface area contributed by atoms with Crippen LogP contribution in [0.25, 0.3) is 0 Å². The molecule has 0 radical (unpaired) electrons. The van der Waals surface area contributed by atoms with E-state index in [2.05, 4.69) is 16.9 Å². The van der Waals surface area contributed by atoms with Crippen molar-refractivity contribution in [2.24, 2.45) is 5.92 Å². The Hall–Kier alpha value is -1.32. The Kier molecular flexibility index (Phi) is 3.27. The minimum Gasteiger partial charge on any atom is -0.474 e. The van der Waals surface area contributed by atoms with Gasteiger partial charge < -0.3 is 10.5 Å². The van der Waals surface area contributed by atoms with Crippen LogP contribution >= 0.6 is 0 Å². The maximum atomic E-state index is 5.90. The highest BCUT2D eigenvalue weighted by Gasteiger charge is 2.23. The Labute approximate surface area is 96.2 Å². The molecule has 0 aromatic carbocycles. The molecule has 2 N–H and O–H groups in total. The maximum absolute atomic E-state index is 5.90. The van der Waals surface area contributed by atoms with Crippen LogP contribution in [0.4, 0.5) is 5.95 Å². The summed E-state index contributed by atoms with van der Waals surface area (Å²) in [6, 6.07) is 1.84. The average molecular weight is 221 g/mol. The zero-order chi connectivity index (χ0) is 11.5. The number of nitrogens with two attached hydrogens (primary N) is 1. The SMILES string of the molecule is Cc1cc(OC2CCCCC2C)nc(N)n1. The smallest absolute Gasteiger partial charge is 0.223 e. The van der Waals surface area contributed by atoms with Gasteiger partial charge in [-0.15, -0.1) is 0 Å². The van der Waals surface area contributed by atoms with Crippen LogP contribution in [0.1, 0.15) is 38.3 Å². The summed E-state index contributed by atoms with van der Waals surface area (Å²) in [5.74, 6) is 1.51. The fraction of sp³-hybridized carbons (Fsp3) is 0.667. The van der Waals surface area contributed by atoms with Crippen molar-refractivity contribution in [1.82, 2.24) is 9.97 Å². The van der Waals surface area contributed by atoms with Gasteiger partial charge in [0.2, 0.25) is 11.8 Å². The minimum atomic E-state index is 0.280. The van der Waals surface area contributed by atoms with Crippen LogP contribution in [0.2, 0.25) is 0 Å². The molecule has 1 saturated carbocycles. The molecule has 1 aliphatic carbocycles. The number of anilines is 1. The summed E-state index contributed by atoms with van der Waals surface area (Å²) >= 11 is 0. The lowest BCUT2D eigenvalue weighted by Crippen LogP contribution is -2.28. The molecule has 1 heterocycles. The van der Waals surface area contributed by atoms with E-state index in [1.807, 2.05) is 13.0 Å². The third-order valence-electron chi connectivity index (χ3n) is 3.15. The molecule has 1 aromatic heterocycles. The first-order valence-corrected chi connectivity index (χ1v) is 5.93. The van der Waals surface area contributed by atoms with Gasteiger partial charge in [-0.1, -0.05) is 13.3 Å². The normalized spacial score (nSPS) is 25.4. The van der Waals surface area contributed by atoms with Crippen molar-refractivity contribution in [1.29, 1.82) is 0 Å². The van der Waals surface area contributed by atoms with E-state index in [-0.39, 0.29) is 6.10 Å². The Balaban J connectivity index is 2.07. The van der Waals surface area contributed by atoms with Crippen LogP contribution in [0.15, 0.2) is 6.07 Å². The predicted molar refractivity (Wildman–Crippen MR) is 63.2 cm³/mol. The summed E-state index contributed by atoms with van der Waals surface area (Å²) in [5.41, 5.74) is 6.45. The second-order valence-electron chi connectivity index (χ2n) is 4.62. The molecule has 1 aliphatic rings. The molecular weight excluding hydrogens is 202 g/mol. The van der Waals surface area contributed by atoms with Crippen LogP contribution < -0.4 is 10.5 Å². The Morgan fingerprint density at radius 3 is 2.75 bits per heavy atom. The molecule has 0 spiro atoms. The highest BCUT2D eigenvalue weighted by molar-refractivity contribution is 5.25. The highest BCUT2D eigenvalue weighted by Crippen LogP contribution is 2.27. The van der Waals surface area contributed by atoms with E-state index in [0.717, 1.165) is 12.1 Å².